The van der Waals surface area contributed by atoms with Crippen molar-refractivity contribution in [1.29, 1.82) is 10.5 Å². The minimum atomic E-state index is -1.11. The predicted octanol–water partition coefficient (Wildman–Crippen LogP) is 5.05. The van der Waals surface area contributed by atoms with Crippen LogP contribution in [0.25, 0.3) is 22.3 Å². The summed E-state index contributed by atoms with van der Waals surface area (Å²) in [5, 5.41) is 59.8. The standard InChI is InChI=1S/C38H39FN6O5.CH2O2/c1-38(2,48)23-50-34-11-10-26(18-33(34)46)31-22-43-37(30(20-41)36(31)27-8-9-28(19-40)32(39)17-27)45-15-13-29(14-16-45)42-21-25-5-3-24(4-6-25)7-12-35(47)44-49;2-1-3/h3-6,8-11,17-18,22,29,42,46,48-49H,7,12-16,21,23H2,1-2H3,(H,44,47);1H,(H,2,3). The Bertz CT molecular complexity index is 1980. The smallest absolute Gasteiger partial charge is 0.290 e. The number of ether oxygens (including phenoxy) is 1. The predicted molar refractivity (Wildman–Crippen MR) is 193 cm³/mol. The molecule has 6 N–H and O–H groups in total. The highest BCUT2D eigenvalue weighted by Gasteiger charge is 2.26. The first-order chi connectivity index (χ1) is 25.4. The van der Waals surface area contributed by atoms with Crippen LogP contribution in [0.4, 0.5) is 10.2 Å². The number of halogens is 1. The summed E-state index contributed by atoms with van der Waals surface area (Å²) in [6, 6.07) is 21.3. The van der Waals surface area contributed by atoms with E-state index in [1.807, 2.05) is 35.2 Å². The number of piperidine rings is 1. The molecule has 1 amide bonds. The molecule has 2 heterocycles. The molecule has 0 unspecified atom stereocenters. The summed E-state index contributed by atoms with van der Waals surface area (Å²) in [5.41, 5.74) is 4.58. The number of carbonyl (C=O) groups excluding carboxylic acids is 1. The number of carbonyl (C=O) groups is 2. The number of phenols is 1. The van der Waals surface area contributed by atoms with Crippen molar-refractivity contribution >= 4 is 18.2 Å². The summed E-state index contributed by atoms with van der Waals surface area (Å²) in [7, 11) is 0. The van der Waals surface area contributed by atoms with Gasteiger partial charge in [0.1, 0.15) is 35.9 Å². The summed E-state index contributed by atoms with van der Waals surface area (Å²) in [4.78, 5) is 26.4. The van der Waals surface area contributed by atoms with Crippen molar-refractivity contribution in [2.75, 3.05) is 24.6 Å². The van der Waals surface area contributed by atoms with Gasteiger partial charge in [-0.3, -0.25) is 14.8 Å². The Morgan fingerprint density at radius 2 is 1.72 bits per heavy atom. The van der Waals surface area contributed by atoms with Crippen molar-refractivity contribution in [1.82, 2.24) is 15.8 Å². The number of aliphatic hydroxyl groups is 1. The van der Waals surface area contributed by atoms with Crippen LogP contribution in [0.3, 0.4) is 0 Å². The van der Waals surface area contributed by atoms with Crippen LogP contribution >= 0.6 is 0 Å². The SMILES string of the molecule is CC(C)(O)COc1ccc(-c2cnc(N3CCC(NCc4ccc(CCC(=O)NO)cc4)CC3)c(C#N)c2-c2ccc(C#N)c(F)c2)cc1O.O=CO. The zero-order chi connectivity index (χ0) is 38.5. The molecule has 3 aromatic carbocycles. The van der Waals surface area contributed by atoms with Gasteiger partial charge in [0.05, 0.1) is 11.2 Å². The minimum absolute atomic E-state index is 0.0428. The molecule has 14 heteroatoms. The number of phenolic OH excluding ortho intramolecular Hbond substituents is 1. The van der Waals surface area contributed by atoms with E-state index in [0.717, 1.165) is 24.0 Å². The Hall–Kier alpha value is -6.06. The molecule has 1 saturated heterocycles. The van der Waals surface area contributed by atoms with E-state index in [4.69, 9.17) is 24.8 Å². The molecule has 0 spiro atoms. The summed E-state index contributed by atoms with van der Waals surface area (Å²) in [6.07, 6.45) is 3.94. The summed E-state index contributed by atoms with van der Waals surface area (Å²) in [6.45, 7) is 4.80. The number of nitrogens with zero attached hydrogens (tertiary/aromatic N) is 4. The number of aromatic nitrogens is 1. The number of aryl methyl sites for hydroxylation is 1. The van der Waals surface area contributed by atoms with Crippen LogP contribution in [-0.2, 0) is 22.6 Å². The lowest BCUT2D eigenvalue weighted by atomic mass is 9.91. The first kappa shape index (κ1) is 39.7. The molecule has 0 radical (unpaired) electrons. The highest BCUT2D eigenvalue weighted by molar-refractivity contribution is 5.90. The van der Waals surface area contributed by atoms with E-state index >= 15 is 0 Å². The fraction of sp³-hybridized carbons (Fsp3) is 0.308. The van der Waals surface area contributed by atoms with E-state index in [0.29, 0.717) is 54.1 Å². The van der Waals surface area contributed by atoms with Gasteiger partial charge in [-0.1, -0.05) is 36.4 Å². The van der Waals surface area contributed by atoms with Crippen LogP contribution in [0, 0.1) is 28.5 Å². The number of nitrogens with one attached hydrogen (secondary N) is 2. The molecule has 1 aliphatic heterocycles. The first-order valence-corrected chi connectivity index (χ1v) is 16.8. The maximum Gasteiger partial charge on any atom is 0.290 e. The number of amides is 1. The van der Waals surface area contributed by atoms with Crippen LogP contribution < -0.4 is 20.4 Å². The molecule has 5 rings (SSSR count). The van der Waals surface area contributed by atoms with Crippen molar-refractivity contribution in [3.63, 3.8) is 0 Å². The Balaban J connectivity index is 0.00000202. The van der Waals surface area contributed by atoms with Gasteiger partial charge in [-0.05, 0) is 79.6 Å². The van der Waals surface area contributed by atoms with Gasteiger partial charge in [0.2, 0.25) is 5.91 Å². The maximum absolute atomic E-state index is 15.0. The van der Waals surface area contributed by atoms with Gasteiger partial charge in [0, 0.05) is 49.4 Å². The topological polar surface area (TPSA) is 212 Å². The lowest BCUT2D eigenvalue weighted by Gasteiger charge is -2.34. The third kappa shape index (κ3) is 10.7. The van der Waals surface area contributed by atoms with E-state index in [1.54, 1.807) is 43.7 Å². The maximum atomic E-state index is 15.0. The summed E-state index contributed by atoms with van der Waals surface area (Å²) in [5.74, 6) is -0.675. The fourth-order valence-electron chi connectivity index (χ4n) is 5.88. The number of pyridine rings is 1. The van der Waals surface area contributed by atoms with Crippen molar-refractivity contribution in [2.45, 2.75) is 57.7 Å². The molecule has 1 aromatic heterocycles. The second-order valence-electron chi connectivity index (χ2n) is 13.0. The molecule has 0 aliphatic carbocycles. The molecule has 276 valence electrons. The molecular formula is C39H41FN6O7. The Morgan fingerprint density at radius 1 is 1.06 bits per heavy atom. The van der Waals surface area contributed by atoms with E-state index in [-0.39, 0.29) is 48.2 Å². The van der Waals surface area contributed by atoms with Crippen LogP contribution in [0.2, 0.25) is 0 Å². The zero-order valence-electron chi connectivity index (χ0n) is 29.3. The number of hydroxylamine groups is 1. The molecule has 1 fully saturated rings. The number of carboxylic acid groups (broad SMARTS) is 1. The quantitative estimate of drug-likeness (QED) is 0.0644. The van der Waals surface area contributed by atoms with E-state index in [2.05, 4.69) is 11.4 Å². The van der Waals surface area contributed by atoms with Crippen LogP contribution in [0.1, 0.15) is 55.4 Å². The molecular weight excluding hydrogens is 683 g/mol. The van der Waals surface area contributed by atoms with E-state index in [1.165, 1.54) is 18.2 Å². The average Bonchev–Trinajstić information content (AvgIpc) is 3.15. The van der Waals surface area contributed by atoms with Gasteiger partial charge in [-0.2, -0.15) is 10.5 Å². The Kier molecular flexibility index (Phi) is 13.8. The molecule has 0 atom stereocenters. The summed E-state index contributed by atoms with van der Waals surface area (Å²) < 4.78 is 20.5. The average molecular weight is 725 g/mol. The monoisotopic (exact) mass is 724 g/mol. The second-order valence-corrected chi connectivity index (χ2v) is 13.0. The molecule has 0 saturated carbocycles. The third-order valence-corrected chi connectivity index (χ3v) is 8.58. The highest BCUT2D eigenvalue weighted by atomic mass is 19.1. The fourth-order valence-corrected chi connectivity index (χ4v) is 5.88. The largest absolute Gasteiger partial charge is 0.504 e. The molecule has 1 aliphatic rings. The number of hydrogen-bond donors (Lipinski definition) is 6. The van der Waals surface area contributed by atoms with Gasteiger partial charge in [0.25, 0.3) is 6.47 Å². The van der Waals surface area contributed by atoms with Crippen molar-refractivity contribution in [3.05, 3.63) is 94.9 Å². The Morgan fingerprint density at radius 3 is 2.30 bits per heavy atom. The van der Waals surface area contributed by atoms with Gasteiger partial charge < -0.3 is 30.3 Å². The van der Waals surface area contributed by atoms with E-state index < -0.39 is 17.3 Å². The van der Waals surface area contributed by atoms with Gasteiger partial charge >= 0.3 is 0 Å². The lowest BCUT2D eigenvalue weighted by molar-refractivity contribution is -0.129. The number of hydrogen-bond acceptors (Lipinski definition) is 11. The third-order valence-electron chi connectivity index (χ3n) is 8.58. The van der Waals surface area contributed by atoms with Gasteiger partial charge in [0.15, 0.2) is 11.5 Å². The van der Waals surface area contributed by atoms with E-state index in [9.17, 15) is 29.9 Å². The lowest BCUT2D eigenvalue weighted by Crippen LogP contribution is -2.42. The minimum Gasteiger partial charge on any atom is -0.504 e. The molecule has 13 nitrogen and oxygen atoms in total. The summed E-state index contributed by atoms with van der Waals surface area (Å²) >= 11 is 0. The van der Waals surface area contributed by atoms with Gasteiger partial charge in [-0.25, -0.2) is 14.9 Å². The number of rotatable bonds is 12. The van der Waals surface area contributed by atoms with Crippen molar-refractivity contribution < 1.29 is 39.2 Å². The first-order valence-electron chi connectivity index (χ1n) is 16.8. The van der Waals surface area contributed by atoms with Crippen molar-refractivity contribution in [3.8, 4) is 45.9 Å². The van der Waals surface area contributed by atoms with Crippen molar-refractivity contribution in [2.24, 2.45) is 0 Å². The number of aromatic hydroxyl groups is 1. The molecule has 0 bridgehead atoms. The zero-order valence-corrected chi connectivity index (χ0v) is 29.3. The molecule has 4 aromatic rings. The number of anilines is 1. The van der Waals surface area contributed by atoms with Crippen LogP contribution in [0.5, 0.6) is 11.5 Å². The molecule has 53 heavy (non-hydrogen) atoms. The van der Waals surface area contributed by atoms with Crippen LogP contribution in [0.15, 0.2) is 66.9 Å². The van der Waals surface area contributed by atoms with Crippen LogP contribution in [-0.4, -0.2) is 69.2 Å². The number of benzene rings is 3. The second kappa shape index (κ2) is 18.4. The van der Waals surface area contributed by atoms with Gasteiger partial charge in [-0.15, -0.1) is 0 Å². The highest BCUT2D eigenvalue weighted by Crippen LogP contribution is 2.41. The Labute approximate surface area is 306 Å². The normalized spacial score (nSPS) is 12.8. The number of nitriles is 2.